The highest BCUT2D eigenvalue weighted by Gasteiger charge is 2.65. The Hall–Kier alpha value is -11.2. The predicted molar refractivity (Wildman–Crippen MR) is 490 cm³/mol. The van der Waals surface area contributed by atoms with E-state index >= 15 is 4.79 Å². The zero-order chi connectivity index (χ0) is 96.0. The zero-order valence-electron chi connectivity index (χ0n) is 81.3. The number of hydrogen-bond donors (Lipinski definition) is 4. The highest BCUT2D eigenvalue weighted by Crippen LogP contribution is 2.69. The summed E-state index contributed by atoms with van der Waals surface area (Å²) in [7, 11) is 7.52. The van der Waals surface area contributed by atoms with Crippen LogP contribution in [0.5, 0.6) is 34.5 Å². The molecule has 6 aromatic rings. The molecule has 4 aromatic carbocycles. The lowest BCUT2D eigenvalue weighted by Gasteiger charge is -2.62. The number of hydrogen-bond acceptors (Lipinski definition) is 24. The van der Waals surface area contributed by atoms with Crippen LogP contribution in [0.2, 0.25) is 0 Å². The molecule has 0 unspecified atom stereocenters. The van der Waals surface area contributed by atoms with E-state index in [1.54, 1.807) is 176 Å². The van der Waals surface area contributed by atoms with Crippen molar-refractivity contribution in [1.29, 1.82) is 0 Å². The minimum atomic E-state index is -1.51. The Labute approximate surface area is 772 Å². The van der Waals surface area contributed by atoms with E-state index < -0.39 is 100 Å². The number of carbonyl (C=O) groups is 9. The Morgan fingerprint density at radius 1 is 0.550 bits per heavy atom. The largest absolute Gasteiger partial charge is 0.497 e. The average molecular weight is 1820 g/mol. The van der Waals surface area contributed by atoms with Crippen LogP contribution < -0.4 is 49.7 Å². The molecule has 16 atom stereocenters. The third-order valence-electron chi connectivity index (χ3n) is 27.8. The number of aromatic nitrogens is 6. The number of rotatable bonds is 40. The van der Waals surface area contributed by atoms with E-state index in [9.17, 15) is 38.4 Å². The van der Waals surface area contributed by atoms with Gasteiger partial charge in [-0.3, -0.25) is 28.7 Å². The van der Waals surface area contributed by atoms with Gasteiger partial charge in [-0.1, -0.05) is 71.7 Å². The first-order chi connectivity index (χ1) is 61.8. The molecule has 0 saturated heterocycles. The number of methoxy groups -OCH3 is 5. The minimum Gasteiger partial charge on any atom is -0.497 e. The molecule has 718 valence electrons. The maximum absolute atomic E-state index is 15.0. The molecule has 4 N–H and O–H groups in total. The molecule has 32 heteroatoms. The second-order valence-electron chi connectivity index (χ2n) is 39.8. The number of amides is 6. The summed E-state index contributed by atoms with van der Waals surface area (Å²) < 4.78 is 67.7. The number of esters is 3. The maximum atomic E-state index is 15.0. The van der Waals surface area contributed by atoms with Gasteiger partial charge in [-0.15, -0.1) is 10.2 Å². The quantitative estimate of drug-likeness (QED) is 0.0205. The van der Waals surface area contributed by atoms with Crippen LogP contribution in [-0.4, -0.2) is 188 Å². The molecule has 131 heavy (non-hydrogen) atoms. The number of carbonyl (C=O) groups excluding carboxylic acids is 9. The van der Waals surface area contributed by atoms with E-state index in [0.717, 1.165) is 32.1 Å². The molecular formula is C99H142N12O20. The SMILES string of the molecule is CC[C@H](C)[C@H](NC(=O)OC(C)(C)C)C(=O)N(Cc1ccc(OC)cc1OC)C(C)(C)C(=O)N[C@@H](C)Cn1cc(COc2ccc(C(=O)O[C@@H]3CC[C@@]4(C)[C@H](CC[C@@H]5[C@@H]4C[C@H](OC(=O)c4ccc(OCc6cnnn6C[C@H](C)NC(=O)C(C)(C)N(Cc6ccc(OC)cc6OC)C(=O)[C@@H](NC(=O)OC(C)(C)C)[C@@H](C)CC)cc4)[C@]4(C)[C@@H]([C@H](C)CCC(=O)OC)CC[C@@H]54)C3)cc2)nn1. The van der Waals surface area contributed by atoms with E-state index in [2.05, 4.69) is 62.7 Å². The van der Waals surface area contributed by atoms with Crippen molar-refractivity contribution in [1.82, 2.24) is 61.1 Å². The molecular weight excluding hydrogens is 1680 g/mol. The van der Waals surface area contributed by atoms with Crippen LogP contribution in [-0.2, 0) is 87.0 Å². The Morgan fingerprint density at radius 2 is 1.05 bits per heavy atom. The van der Waals surface area contributed by atoms with Gasteiger partial charge in [0.25, 0.3) is 0 Å². The first-order valence-corrected chi connectivity index (χ1v) is 46.2. The Morgan fingerprint density at radius 3 is 1.53 bits per heavy atom. The zero-order valence-corrected chi connectivity index (χ0v) is 81.3. The first kappa shape index (κ1) is 102. The molecule has 32 nitrogen and oxygen atoms in total. The molecule has 0 bridgehead atoms. The van der Waals surface area contributed by atoms with Crippen LogP contribution >= 0.6 is 0 Å². The van der Waals surface area contributed by atoms with E-state index in [4.69, 9.17) is 52.1 Å². The lowest BCUT2D eigenvalue weighted by Crippen LogP contribution is -2.63. The topological polar surface area (TPSA) is 371 Å². The van der Waals surface area contributed by atoms with Gasteiger partial charge in [0, 0.05) is 47.2 Å². The Balaban J connectivity index is 0.743. The summed E-state index contributed by atoms with van der Waals surface area (Å²) in [4.78, 5) is 130. The van der Waals surface area contributed by atoms with E-state index in [0.29, 0.717) is 119 Å². The normalized spacial score (nSPS) is 21.7. The van der Waals surface area contributed by atoms with E-state index in [1.807, 2.05) is 41.5 Å². The summed E-state index contributed by atoms with van der Waals surface area (Å²) in [5.41, 5.74) is -2.09. The van der Waals surface area contributed by atoms with Crippen LogP contribution in [0.3, 0.4) is 0 Å². The van der Waals surface area contributed by atoms with Crippen LogP contribution in [0.4, 0.5) is 9.59 Å². The predicted octanol–water partition coefficient (Wildman–Crippen LogP) is 15.2. The smallest absolute Gasteiger partial charge is 0.408 e. The fourth-order valence-corrected chi connectivity index (χ4v) is 19.8. The molecule has 4 saturated carbocycles. The van der Waals surface area contributed by atoms with Gasteiger partial charge < -0.3 is 83.2 Å². The van der Waals surface area contributed by atoms with Crippen LogP contribution in [0.15, 0.2) is 97.3 Å². The Bertz CT molecular complexity index is 4920. The number of nitrogens with one attached hydrogen (secondary N) is 4. The average Bonchev–Trinajstić information content (AvgIpc) is 1.62. The summed E-state index contributed by atoms with van der Waals surface area (Å²) in [6.07, 6.45) is 9.88. The van der Waals surface area contributed by atoms with Gasteiger partial charge in [0.15, 0.2) is 0 Å². The van der Waals surface area contributed by atoms with Crippen LogP contribution in [0, 0.1) is 58.2 Å². The number of ether oxygens (including phenoxy) is 11. The van der Waals surface area contributed by atoms with Crippen molar-refractivity contribution < 1.29 is 95.3 Å². The monoisotopic (exact) mass is 1820 g/mol. The van der Waals surface area contributed by atoms with Crippen LogP contribution in [0.1, 0.15) is 252 Å². The second-order valence-corrected chi connectivity index (χ2v) is 39.8. The molecule has 2 heterocycles. The molecule has 4 fully saturated rings. The van der Waals surface area contributed by atoms with Gasteiger partial charge in [-0.05, 0) is 266 Å². The highest BCUT2D eigenvalue weighted by atomic mass is 16.6. The summed E-state index contributed by atoms with van der Waals surface area (Å²) >= 11 is 0. The van der Waals surface area contributed by atoms with Gasteiger partial charge in [-0.25, -0.2) is 23.9 Å². The molecule has 0 radical (unpaired) electrons. The lowest BCUT2D eigenvalue weighted by molar-refractivity contribution is -0.176. The van der Waals surface area contributed by atoms with Crippen molar-refractivity contribution in [3.05, 3.63) is 131 Å². The molecule has 6 amide bonds. The maximum Gasteiger partial charge on any atom is 0.408 e. The molecule has 0 aliphatic heterocycles. The number of fused-ring (bicyclic) bond motifs is 5. The van der Waals surface area contributed by atoms with Gasteiger partial charge >= 0.3 is 30.1 Å². The van der Waals surface area contributed by atoms with Crippen molar-refractivity contribution in [3.63, 3.8) is 0 Å². The molecule has 2 aromatic heterocycles. The number of nitrogens with zero attached hydrogens (tertiary/aromatic N) is 8. The summed E-state index contributed by atoms with van der Waals surface area (Å²) in [5, 5.41) is 29.0. The summed E-state index contributed by atoms with van der Waals surface area (Å²) in [6.45, 7) is 35.6. The fraction of sp³-hybridized carbons (Fsp3) is 0.626. The van der Waals surface area contributed by atoms with Crippen molar-refractivity contribution >= 4 is 53.7 Å². The standard InChI is InChI=1S/C99H142N12O20/c1-25-59(3)84(103-92(119)130-94(8,9)10)86(113)109(54-66-32-39-73(121-20)48-80(66)123-22)96(14,15)90(117)101-62(6)52-108-56-69(105-107-108)57-126-71-35-28-64(29-36-71)88(115)128-75-45-46-98(18)68(47-75)34-41-76-78-43-42-77(61(5)27-44-83(112)125-24)99(78,19)82(50-79(76)98)129-89(116)65-30-37-72(38-31-65)127-58-70-51-100-106-111(70)53-63(7)102-91(118)97(16,17)110(55-67-33-40-74(122-21)49-81(67)124-23)87(114)85(60(4)26-2)104-93(120)131-95(11,12)13/h28-33,35-40,48-49,51,56,59-63,68,75-79,82,84-85H,25-27,34,41-47,50,52-55,57-58H2,1-24H3,(H,101,117)(H,102,118)(H,103,119)(H,104,120)/t59-,60-,61+,62-,63-,68+,75+,76-,77+,78-,79-,82-,84-,85-,98-,99+/m0/s1. The van der Waals surface area contributed by atoms with Crippen LogP contribution in [0.25, 0.3) is 0 Å². The van der Waals surface area contributed by atoms with Crippen molar-refractivity contribution in [3.8, 4) is 34.5 Å². The van der Waals surface area contributed by atoms with Crippen molar-refractivity contribution in [2.45, 2.75) is 307 Å². The van der Waals surface area contributed by atoms with Gasteiger partial charge in [0.1, 0.15) is 100.0 Å². The van der Waals surface area contributed by atoms with Gasteiger partial charge in [-0.2, -0.15) is 0 Å². The third-order valence-corrected chi connectivity index (χ3v) is 27.8. The lowest BCUT2D eigenvalue weighted by atomic mass is 9.43. The highest BCUT2D eigenvalue weighted by molar-refractivity contribution is 5.95. The van der Waals surface area contributed by atoms with Gasteiger partial charge in [0.2, 0.25) is 23.6 Å². The van der Waals surface area contributed by atoms with E-state index in [1.165, 1.54) is 45.3 Å². The molecule has 0 spiro atoms. The first-order valence-electron chi connectivity index (χ1n) is 46.2. The number of benzene rings is 4. The summed E-state index contributed by atoms with van der Waals surface area (Å²) in [6, 6.07) is 21.0. The van der Waals surface area contributed by atoms with Crippen molar-refractivity contribution in [2.24, 2.45) is 58.2 Å². The molecule has 4 aliphatic rings. The molecule has 4 aliphatic carbocycles. The van der Waals surface area contributed by atoms with E-state index in [-0.39, 0.29) is 104 Å². The third kappa shape index (κ3) is 25.0. The van der Waals surface area contributed by atoms with Crippen molar-refractivity contribution in [2.75, 3.05) is 35.5 Å². The Kier molecular flexibility index (Phi) is 33.8. The summed E-state index contributed by atoms with van der Waals surface area (Å²) in [5.74, 6) is 0.676. The fourth-order valence-electron chi connectivity index (χ4n) is 19.8. The minimum absolute atomic E-state index is 0.0395. The van der Waals surface area contributed by atoms with Gasteiger partial charge in [0.05, 0.1) is 90.9 Å². The molecule has 10 rings (SSSR count). The second kappa shape index (κ2) is 43.4. The number of alkyl carbamates (subject to hydrolysis) is 2.